The highest BCUT2D eigenvalue weighted by Crippen LogP contribution is 2.18. The zero-order valence-electron chi connectivity index (χ0n) is 11.3. The lowest BCUT2D eigenvalue weighted by molar-refractivity contribution is 0.0561. The number of aliphatic hydroxyl groups is 1. The first-order chi connectivity index (χ1) is 8.39. The van der Waals surface area contributed by atoms with E-state index in [-0.39, 0.29) is 0 Å². The number of rotatable bonds is 6. The Kier molecular flexibility index (Phi) is 5.74. The van der Waals surface area contributed by atoms with Gasteiger partial charge in [0, 0.05) is 19.9 Å². The lowest BCUT2D eigenvalue weighted by Crippen LogP contribution is -2.28. The minimum Gasteiger partial charge on any atom is -0.389 e. The molecule has 102 valence electrons. The van der Waals surface area contributed by atoms with Crippen LogP contribution in [0.25, 0.3) is 0 Å². The van der Waals surface area contributed by atoms with Gasteiger partial charge in [0.1, 0.15) is 21.8 Å². The second kappa shape index (κ2) is 6.63. The predicted molar refractivity (Wildman–Crippen MR) is 80.1 cm³/mol. The second-order valence-electron chi connectivity index (χ2n) is 4.63. The fourth-order valence-electron chi connectivity index (χ4n) is 1.55. The Morgan fingerprint density at radius 3 is 2.72 bits per heavy atom. The van der Waals surface area contributed by atoms with Gasteiger partial charge in [-0.15, -0.1) is 0 Å². The van der Waals surface area contributed by atoms with Crippen molar-refractivity contribution in [1.82, 2.24) is 9.55 Å². The van der Waals surface area contributed by atoms with Crippen molar-refractivity contribution >= 4 is 28.8 Å². The summed E-state index contributed by atoms with van der Waals surface area (Å²) >= 11 is 2.22. The molecule has 0 aliphatic rings. The van der Waals surface area contributed by atoms with Crippen molar-refractivity contribution in [3.05, 3.63) is 15.2 Å². The van der Waals surface area contributed by atoms with Crippen LogP contribution in [0.1, 0.15) is 32.3 Å². The van der Waals surface area contributed by atoms with Crippen LogP contribution in [0, 0.1) is 3.70 Å². The molecule has 6 heteroatoms. The summed E-state index contributed by atoms with van der Waals surface area (Å²) in [5.41, 5.74) is 0.0272. The van der Waals surface area contributed by atoms with E-state index in [9.17, 15) is 5.11 Å². The van der Waals surface area contributed by atoms with Crippen LogP contribution in [0.4, 0.5) is 0 Å². The molecule has 0 amide bonds. The van der Waals surface area contributed by atoms with Crippen molar-refractivity contribution in [2.45, 2.75) is 39.5 Å². The Morgan fingerprint density at radius 2 is 2.22 bits per heavy atom. The summed E-state index contributed by atoms with van der Waals surface area (Å²) in [6.45, 7) is 7.08. The number of ether oxygens (including phenoxy) is 1. The van der Waals surface area contributed by atoms with E-state index in [1.54, 1.807) is 27.1 Å². The van der Waals surface area contributed by atoms with Crippen molar-refractivity contribution in [3.8, 4) is 0 Å². The van der Waals surface area contributed by atoms with Crippen LogP contribution in [0.3, 0.4) is 0 Å². The molecule has 0 aliphatic carbocycles. The zero-order chi connectivity index (χ0) is 13.8. The van der Waals surface area contributed by atoms with E-state index in [4.69, 9.17) is 4.74 Å². The molecule has 0 saturated heterocycles. The van der Waals surface area contributed by atoms with Gasteiger partial charge in [-0.05, 0) is 43.4 Å². The molecule has 5 nitrogen and oxygen atoms in total. The van der Waals surface area contributed by atoms with E-state index < -0.39 is 5.60 Å². The predicted octanol–water partition coefficient (Wildman–Crippen LogP) is 1.84. The Balaban J connectivity index is 3.09. The first-order valence-electron chi connectivity index (χ1n) is 5.86. The Morgan fingerprint density at radius 1 is 1.56 bits per heavy atom. The summed E-state index contributed by atoms with van der Waals surface area (Å²) in [6.07, 6.45) is 1.72. The van der Waals surface area contributed by atoms with Crippen molar-refractivity contribution in [1.29, 1.82) is 0 Å². The van der Waals surface area contributed by atoms with E-state index in [0.29, 0.717) is 19.8 Å². The molecular formula is C12H20IN3O2. The average Bonchev–Trinajstić information content (AvgIpc) is 2.54. The number of nitrogens with zero attached hydrogens (tertiary/aromatic N) is 3. The van der Waals surface area contributed by atoms with Crippen LogP contribution >= 0.6 is 22.6 Å². The summed E-state index contributed by atoms with van der Waals surface area (Å²) in [4.78, 5) is 8.48. The molecule has 0 bridgehead atoms. The fourth-order valence-corrected chi connectivity index (χ4v) is 2.26. The maximum absolute atomic E-state index is 9.96. The number of hydrogen-bond acceptors (Lipinski definition) is 4. The van der Waals surface area contributed by atoms with Crippen molar-refractivity contribution in [2.24, 2.45) is 4.99 Å². The summed E-state index contributed by atoms with van der Waals surface area (Å²) in [5, 5.41) is 9.96. The molecule has 0 fully saturated rings. The van der Waals surface area contributed by atoms with Crippen LogP contribution in [-0.4, -0.2) is 40.1 Å². The van der Waals surface area contributed by atoms with Gasteiger partial charge in [0.25, 0.3) is 0 Å². The first kappa shape index (κ1) is 15.6. The Bertz CT molecular complexity index is 422. The molecule has 1 aromatic rings. The molecule has 1 rings (SSSR count). The van der Waals surface area contributed by atoms with Gasteiger partial charge >= 0.3 is 0 Å². The van der Waals surface area contributed by atoms with Crippen LogP contribution in [0.2, 0.25) is 0 Å². The number of aliphatic imine (C=N–C) groups is 1. The molecule has 1 heterocycles. The lowest BCUT2D eigenvalue weighted by Gasteiger charge is -2.20. The van der Waals surface area contributed by atoms with E-state index in [1.807, 2.05) is 11.5 Å². The zero-order valence-corrected chi connectivity index (χ0v) is 13.4. The van der Waals surface area contributed by atoms with Gasteiger partial charge in [0.15, 0.2) is 0 Å². The minimum atomic E-state index is -0.789. The molecular weight excluding hydrogens is 345 g/mol. The van der Waals surface area contributed by atoms with Crippen LogP contribution in [0.15, 0.2) is 4.99 Å². The summed E-state index contributed by atoms with van der Waals surface area (Å²) in [7, 11) is 1.72. The number of hydrogen-bond donors (Lipinski definition) is 1. The largest absolute Gasteiger partial charge is 0.389 e. The monoisotopic (exact) mass is 365 g/mol. The van der Waals surface area contributed by atoms with E-state index >= 15 is 0 Å². The van der Waals surface area contributed by atoms with Crippen molar-refractivity contribution < 1.29 is 9.84 Å². The van der Waals surface area contributed by atoms with Gasteiger partial charge in [0.2, 0.25) is 0 Å². The molecule has 0 spiro atoms. The van der Waals surface area contributed by atoms with Gasteiger partial charge in [0.05, 0.1) is 12.1 Å². The number of imidazole rings is 1. The SMILES string of the molecule is CCOCc1nc(/C=N\C)c(I)n1CC(C)(C)O. The standard InChI is InChI=1S/C12H20IN3O2/c1-5-18-7-10-15-9(6-14-4)11(13)16(10)8-12(2,3)17/h6,17H,5,7-8H2,1-4H3/b14-6-. The average molecular weight is 365 g/mol. The third kappa shape index (κ3) is 4.33. The highest BCUT2D eigenvalue weighted by Gasteiger charge is 2.20. The molecule has 0 saturated carbocycles. The maximum Gasteiger partial charge on any atom is 0.136 e. The second-order valence-corrected chi connectivity index (χ2v) is 5.65. The number of aromatic nitrogens is 2. The van der Waals surface area contributed by atoms with Gasteiger partial charge in [-0.1, -0.05) is 0 Å². The lowest BCUT2D eigenvalue weighted by atomic mass is 10.1. The van der Waals surface area contributed by atoms with Crippen LogP contribution < -0.4 is 0 Å². The number of halogens is 1. The van der Waals surface area contributed by atoms with Crippen LogP contribution in [0.5, 0.6) is 0 Å². The van der Waals surface area contributed by atoms with Gasteiger partial charge in [-0.2, -0.15) is 0 Å². The summed E-state index contributed by atoms with van der Waals surface area (Å²) in [6, 6.07) is 0. The highest BCUT2D eigenvalue weighted by atomic mass is 127. The quantitative estimate of drug-likeness (QED) is 0.618. The highest BCUT2D eigenvalue weighted by molar-refractivity contribution is 14.1. The van der Waals surface area contributed by atoms with E-state index in [2.05, 4.69) is 32.6 Å². The van der Waals surface area contributed by atoms with Gasteiger partial charge in [-0.25, -0.2) is 4.98 Å². The molecule has 0 aromatic carbocycles. The smallest absolute Gasteiger partial charge is 0.136 e. The normalized spacial score (nSPS) is 12.6. The maximum atomic E-state index is 9.96. The van der Waals surface area contributed by atoms with Gasteiger partial charge in [-0.3, -0.25) is 4.99 Å². The third-order valence-corrected chi connectivity index (χ3v) is 3.38. The van der Waals surface area contributed by atoms with E-state index in [0.717, 1.165) is 15.2 Å². The molecule has 0 atom stereocenters. The van der Waals surface area contributed by atoms with Crippen molar-refractivity contribution in [2.75, 3.05) is 13.7 Å². The summed E-state index contributed by atoms with van der Waals surface area (Å²) < 4.78 is 8.36. The van der Waals surface area contributed by atoms with Gasteiger partial charge < -0.3 is 14.4 Å². The molecule has 18 heavy (non-hydrogen) atoms. The topological polar surface area (TPSA) is 59.6 Å². The van der Waals surface area contributed by atoms with Crippen LogP contribution in [-0.2, 0) is 17.9 Å². The molecule has 0 radical (unpaired) electrons. The van der Waals surface area contributed by atoms with Crippen molar-refractivity contribution in [3.63, 3.8) is 0 Å². The third-order valence-electron chi connectivity index (χ3n) is 2.24. The molecule has 1 N–H and O–H groups in total. The molecule has 1 aromatic heterocycles. The Hall–Kier alpha value is -0.470. The summed E-state index contributed by atoms with van der Waals surface area (Å²) in [5.74, 6) is 0.818. The molecule has 0 unspecified atom stereocenters. The Labute approximate surface area is 121 Å². The minimum absolute atomic E-state index is 0.445. The fraction of sp³-hybridized carbons (Fsp3) is 0.667. The molecule has 0 aliphatic heterocycles. The first-order valence-corrected chi connectivity index (χ1v) is 6.94. The van der Waals surface area contributed by atoms with E-state index in [1.165, 1.54) is 0 Å².